The van der Waals surface area contributed by atoms with Crippen molar-refractivity contribution in [1.29, 1.82) is 0 Å². The number of carbonyl (C=O) groups is 1. The summed E-state index contributed by atoms with van der Waals surface area (Å²) in [7, 11) is 0. The van der Waals surface area contributed by atoms with E-state index in [9.17, 15) is 14.4 Å². The molecule has 0 atom stereocenters. The number of carbonyl (C=O) groups excluding carboxylic acids is 1. The normalized spacial score (nSPS) is 11.6. The summed E-state index contributed by atoms with van der Waals surface area (Å²) in [5, 5.41) is 3.23. The van der Waals surface area contributed by atoms with Crippen LogP contribution in [0.3, 0.4) is 0 Å². The number of halogens is 1. The minimum Gasteiger partial charge on any atom is -0.324 e. The van der Waals surface area contributed by atoms with Crippen LogP contribution in [0.1, 0.15) is 33.3 Å². The number of benzene rings is 1. The molecule has 1 amide bonds. The Morgan fingerprint density at radius 2 is 1.77 bits per heavy atom. The molecule has 31 heavy (non-hydrogen) atoms. The third-order valence-electron chi connectivity index (χ3n) is 4.85. The molecule has 0 aliphatic rings. The number of rotatable bonds is 7. The van der Waals surface area contributed by atoms with Gasteiger partial charge in [-0.3, -0.25) is 14.2 Å². The molecule has 0 spiro atoms. The third kappa shape index (κ3) is 4.90. The molecule has 2 heterocycles. The van der Waals surface area contributed by atoms with Crippen LogP contribution in [-0.4, -0.2) is 24.6 Å². The van der Waals surface area contributed by atoms with Gasteiger partial charge in [0.2, 0.25) is 5.91 Å². The Bertz CT molecular complexity index is 1240. The number of nitrogens with one attached hydrogen (secondary N) is 1. The van der Waals surface area contributed by atoms with Crippen LogP contribution < -0.4 is 16.6 Å². The number of hydrogen-bond acceptors (Lipinski definition) is 4. The average molecular weight is 446 g/mol. The average Bonchev–Trinajstić information content (AvgIpc) is 3.08. The highest BCUT2D eigenvalue weighted by Gasteiger charge is 2.20. The zero-order valence-electron chi connectivity index (χ0n) is 18.5. The molecular weight excluding hydrogens is 418 g/mol. The summed E-state index contributed by atoms with van der Waals surface area (Å²) in [4.78, 5) is 43.4. The van der Waals surface area contributed by atoms with Crippen LogP contribution in [-0.2, 0) is 24.4 Å². The van der Waals surface area contributed by atoms with Crippen molar-refractivity contribution >= 4 is 34.4 Å². The van der Waals surface area contributed by atoms with Gasteiger partial charge in [-0.1, -0.05) is 45.4 Å². The predicted octanol–water partition coefficient (Wildman–Crippen LogP) is 3.27. The van der Waals surface area contributed by atoms with Crippen molar-refractivity contribution in [1.82, 2.24) is 18.7 Å². The number of amides is 1. The molecule has 3 rings (SSSR count). The lowest BCUT2D eigenvalue weighted by Crippen LogP contribution is -2.43. The lowest BCUT2D eigenvalue weighted by atomic mass is 10.2. The zero-order valence-corrected chi connectivity index (χ0v) is 19.2. The summed E-state index contributed by atoms with van der Waals surface area (Å²) in [6, 6.07) is 5.14. The topological polar surface area (TPSA) is 90.9 Å². The first-order valence-electron chi connectivity index (χ1n) is 10.3. The molecule has 0 radical (unpaired) electrons. The highest BCUT2D eigenvalue weighted by atomic mass is 35.5. The molecule has 0 saturated heterocycles. The summed E-state index contributed by atoms with van der Waals surface area (Å²) in [5.41, 5.74) is 1.01. The van der Waals surface area contributed by atoms with Crippen LogP contribution in [0, 0.1) is 18.8 Å². The fourth-order valence-electron chi connectivity index (χ4n) is 3.45. The Hall–Kier alpha value is -2.87. The highest BCUT2D eigenvalue weighted by Crippen LogP contribution is 2.20. The SMILES string of the molecule is Cc1ccc(NC(=O)Cn2c(=O)c3c(ncn3CC(C)C)n(CC(C)C)c2=O)cc1Cl. The number of fused-ring (bicyclic) bond motifs is 1. The second-order valence-corrected chi connectivity index (χ2v) is 9.06. The van der Waals surface area contributed by atoms with Gasteiger partial charge in [0, 0.05) is 23.8 Å². The highest BCUT2D eigenvalue weighted by molar-refractivity contribution is 6.31. The smallest absolute Gasteiger partial charge is 0.324 e. The van der Waals surface area contributed by atoms with Crippen LogP contribution in [0.15, 0.2) is 34.1 Å². The number of imidazole rings is 1. The maximum Gasteiger partial charge on any atom is 0.333 e. The second kappa shape index (κ2) is 9.09. The van der Waals surface area contributed by atoms with E-state index in [2.05, 4.69) is 10.3 Å². The van der Waals surface area contributed by atoms with Gasteiger partial charge >= 0.3 is 5.69 Å². The Morgan fingerprint density at radius 1 is 1.10 bits per heavy atom. The number of aryl methyl sites for hydroxylation is 1. The van der Waals surface area contributed by atoms with Crippen LogP contribution in [0.4, 0.5) is 5.69 Å². The van der Waals surface area contributed by atoms with Crippen molar-refractivity contribution in [2.75, 3.05) is 5.32 Å². The molecule has 8 nitrogen and oxygen atoms in total. The zero-order chi connectivity index (χ0) is 22.9. The monoisotopic (exact) mass is 445 g/mol. The second-order valence-electron chi connectivity index (χ2n) is 8.65. The van der Waals surface area contributed by atoms with E-state index in [1.165, 1.54) is 4.57 Å². The van der Waals surface area contributed by atoms with Crippen molar-refractivity contribution < 1.29 is 4.79 Å². The van der Waals surface area contributed by atoms with Gasteiger partial charge in [0.1, 0.15) is 6.54 Å². The molecule has 166 valence electrons. The first-order chi connectivity index (χ1) is 14.6. The molecule has 1 aromatic carbocycles. The molecule has 0 saturated carbocycles. The molecular formula is C22H28ClN5O3. The molecule has 1 N–H and O–H groups in total. The Morgan fingerprint density at radius 3 is 2.39 bits per heavy atom. The molecule has 0 unspecified atom stereocenters. The summed E-state index contributed by atoms with van der Waals surface area (Å²) in [6.07, 6.45) is 1.58. The van der Waals surface area contributed by atoms with Gasteiger partial charge in [-0.05, 0) is 36.5 Å². The van der Waals surface area contributed by atoms with Gasteiger partial charge in [-0.2, -0.15) is 0 Å². The predicted molar refractivity (Wildman–Crippen MR) is 123 cm³/mol. The third-order valence-corrected chi connectivity index (χ3v) is 5.26. The van der Waals surface area contributed by atoms with Crippen molar-refractivity contribution in [3.63, 3.8) is 0 Å². The Balaban J connectivity index is 2.05. The van der Waals surface area contributed by atoms with Crippen molar-refractivity contribution in [2.24, 2.45) is 11.8 Å². The number of nitrogens with zero attached hydrogens (tertiary/aromatic N) is 4. The number of anilines is 1. The fraction of sp³-hybridized carbons (Fsp3) is 0.455. The maximum absolute atomic E-state index is 13.2. The van der Waals surface area contributed by atoms with E-state index < -0.39 is 23.7 Å². The molecule has 9 heteroatoms. The summed E-state index contributed by atoms with van der Waals surface area (Å²) in [5.74, 6) is -0.0413. The molecule has 0 fully saturated rings. The van der Waals surface area contributed by atoms with Gasteiger partial charge in [0.15, 0.2) is 11.2 Å². The van der Waals surface area contributed by atoms with Crippen LogP contribution in [0.2, 0.25) is 5.02 Å². The first-order valence-corrected chi connectivity index (χ1v) is 10.7. The lowest BCUT2D eigenvalue weighted by molar-refractivity contribution is -0.116. The quantitative estimate of drug-likeness (QED) is 0.604. The van der Waals surface area contributed by atoms with Crippen molar-refractivity contribution in [2.45, 2.75) is 54.3 Å². The minimum absolute atomic E-state index is 0.158. The maximum atomic E-state index is 13.2. The van der Waals surface area contributed by atoms with Gasteiger partial charge < -0.3 is 9.88 Å². The van der Waals surface area contributed by atoms with Gasteiger partial charge in [0.05, 0.1) is 6.33 Å². The number of hydrogen-bond donors (Lipinski definition) is 1. The van der Waals surface area contributed by atoms with Gasteiger partial charge in [-0.15, -0.1) is 0 Å². The Labute approximate surface area is 185 Å². The van der Waals surface area contributed by atoms with E-state index in [0.29, 0.717) is 35.0 Å². The lowest BCUT2D eigenvalue weighted by Gasteiger charge is -2.15. The standard InChI is InChI=1S/C22H28ClN5O3/c1-13(2)9-26-12-24-20-19(26)21(30)28(22(31)27(20)10-14(3)4)11-18(29)25-16-7-6-15(5)17(23)8-16/h6-8,12-14H,9-11H2,1-5H3,(H,25,29). The van der Waals surface area contributed by atoms with E-state index >= 15 is 0 Å². The van der Waals surface area contributed by atoms with E-state index in [-0.39, 0.29) is 11.8 Å². The van der Waals surface area contributed by atoms with Crippen molar-refractivity contribution in [3.8, 4) is 0 Å². The summed E-state index contributed by atoms with van der Waals surface area (Å²) < 4.78 is 4.22. The Kier molecular flexibility index (Phi) is 6.69. The molecule has 0 aliphatic heterocycles. The molecule has 2 aromatic heterocycles. The molecule has 0 bridgehead atoms. The number of aromatic nitrogens is 4. The summed E-state index contributed by atoms with van der Waals surface area (Å²) >= 11 is 6.12. The fourth-order valence-corrected chi connectivity index (χ4v) is 3.63. The van der Waals surface area contributed by atoms with Crippen LogP contribution in [0.5, 0.6) is 0 Å². The van der Waals surface area contributed by atoms with E-state index in [0.717, 1.165) is 10.1 Å². The van der Waals surface area contributed by atoms with E-state index in [4.69, 9.17) is 11.6 Å². The molecule has 0 aliphatic carbocycles. The first kappa shape index (κ1) is 22.8. The van der Waals surface area contributed by atoms with Gasteiger partial charge in [0.25, 0.3) is 5.56 Å². The van der Waals surface area contributed by atoms with E-state index in [1.54, 1.807) is 29.1 Å². The van der Waals surface area contributed by atoms with Crippen molar-refractivity contribution in [3.05, 3.63) is 56.0 Å². The van der Waals surface area contributed by atoms with Crippen LogP contribution in [0.25, 0.3) is 11.2 Å². The largest absolute Gasteiger partial charge is 0.333 e. The van der Waals surface area contributed by atoms with Gasteiger partial charge in [-0.25, -0.2) is 14.3 Å². The van der Waals surface area contributed by atoms with E-state index in [1.807, 2.05) is 34.6 Å². The summed E-state index contributed by atoms with van der Waals surface area (Å²) in [6.45, 7) is 10.5. The van der Waals surface area contributed by atoms with Crippen LogP contribution >= 0.6 is 11.6 Å². The molecule has 3 aromatic rings. The minimum atomic E-state index is -0.543.